The number of aromatic nitrogens is 3. The SMILES string of the molecule is COc1cc(OC[C@H]2CCCN2c2ccc(F)cc2)c2cc(-c3cn4nc(OC)sc4n3)oc2c1. The maximum Gasteiger partial charge on any atom is 0.294 e. The maximum absolute atomic E-state index is 13.4. The van der Waals surface area contributed by atoms with E-state index in [0.717, 1.165) is 30.5 Å². The van der Waals surface area contributed by atoms with E-state index in [1.165, 1.54) is 23.5 Å². The summed E-state index contributed by atoms with van der Waals surface area (Å²) < 4.78 is 38.2. The Morgan fingerprint density at radius 3 is 2.77 bits per heavy atom. The van der Waals surface area contributed by atoms with Gasteiger partial charge in [0.15, 0.2) is 5.76 Å². The Balaban J connectivity index is 1.28. The third kappa shape index (κ3) is 4.03. The maximum atomic E-state index is 13.4. The molecule has 0 saturated carbocycles. The zero-order valence-electron chi connectivity index (χ0n) is 19.2. The van der Waals surface area contributed by atoms with Gasteiger partial charge in [-0.3, -0.25) is 0 Å². The van der Waals surface area contributed by atoms with Crippen LogP contribution in [-0.2, 0) is 0 Å². The molecule has 0 spiro atoms. The number of rotatable bonds is 7. The summed E-state index contributed by atoms with van der Waals surface area (Å²) in [7, 11) is 3.20. The van der Waals surface area contributed by atoms with Crippen molar-refractivity contribution in [2.45, 2.75) is 18.9 Å². The third-order valence-electron chi connectivity index (χ3n) is 6.23. The molecule has 0 bridgehead atoms. The molecule has 1 atom stereocenters. The second kappa shape index (κ2) is 8.77. The van der Waals surface area contributed by atoms with Crippen molar-refractivity contribution in [3.05, 3.63) is 54.5 Å². The van der Waals surface area contributed by atoms with E-state index in [4.69, 9.17) is 18.6 Å². The predicted molar refractivity (Wildman–Crippen MR) is 131 cm³/mol. The van der Waals surface area contributed by atoms with Gasteiger partial charge in [-0.05, 0) is 54.5 Å². The van der Waals surface area contributed by atoms with E-state index in [-0.39, 0.29) is 11.9 Å². The normalized spacial score (nSPS) is 15.9. The first-order chi connectivity index (χ1) is 17.1. The number of hydrogen-bond acceptors (Lipinski definition) is 8. The molecule has 0 amide bonds. The van der Waals surface area contributed by atoms with Gasteiger partial charge in [0, 0.05) is 24.4 Å². The topological polar surface area (TPSA) is 74.3 Å². The van der Waals surface area contributed by atoms with E-state index < -0.39 is 0 Å². The molecule has 0 unspecified atom stereocenters. The lowest BCUT2D eigenvalue weighted by Crippen LogP contribution is -2.34. The molecular formula is C25H23FN4O4S. The summed E-state index contributed by atoms with van der Waals surface area (Å²) in [6.45, 7) is 1.41. The zero-order valence-corrected chi connectivity index (χ0v) is 20.0. The van der Waals surface area contributed by atoms with Crippen LogP contribution in [0.5, 0.6) is 16.7 Å². The summed E-state index contributed by atoms with van der Waals surface area (Å²) in [4.78, 5) is 7.61. The smallest absolute Gasteiger partial charge is 0.294 e. The Bertz CT molecular complexity index is 1460. The second-order valence-corrected chi connectivity index (χ2v) is 9.27. The van der Waals surface area contributed by atoms with Gasteiger partial charge in [-0.15, -0.1) is 5.10 Å². The number of ether oxygens (including phenoxy) is 3. The molecule has 0 radical (unpaired) electrons. The summed E-state index contributed by atoms with van der Waals surface area (Å²) in [6.07, 6.45) is 3.87. The van der Waals surface area contributed by atoms with Gasteiger partial charge in [0.2, 0.25) is 4.96 Å². The first-order valence-corrected chi connectivity index (χ1v) is 12.1. The summed E-state index contributed by atoms with van der Waals surface area (Å²) >= 11 is 1.36. The highest BCUT2D eigenvalue weighted by atomic mass is 32.1. The van der Waals surface area contributed by atoms with Crippen molar-refractivity contribution in [1.82, 2.24) is 14.6 Å². The molecule has 1 saturated heterocycles. The van der Waals surface area contributed by atoms with Crippen LogP contribution in [-0.4, -0.2) is 48.0 Å². The van der Waals surface area contributed by atoms with Crippen LogP contribution < -0.4 is 19.1 Å². The van der Waals surface area contributed by atoms with Crippen molar-refractivity contribution in [3.63, 3.8) is 0 Å². The molecule has 1 aliphatic rings. The van der Waals surface area contributed by atoms with E-state index in [1.807, 2.05) is 36.5 Å². The van der Waals surface area contributed by atoms with E-state index in [2.05, 4.69) is 15.0 Å². The molecule has 8 nitrogen and oxygen atoms in total. The van der Waals surface area contributed by atoms with E-state index in [0.29, 0.717) is 45.3 Å². The lowest BCUT2D eigenvalue weighted by molar-refractivity contribution is 0.290. The molecule has 1 aliphatic heterocycles. The highest BCUT2D eigenvalue weighted by Crippen LogP contribution is 2.38. The monoisotopic (exact) mass is 494 g/mol. The van der Waals surface area contributed by atoms with Crippen LogP contribution in [0.1, 0.15) is 12.8 Å². The number of anilines is 1. The molecule has 3 aromatic heterocycles. The van der Waals surface area contributed by atoms with Gasteiger partial charge >= 0.3 is 0 Å². The predicted octanol–water partition coefficient (Wildman–Crippen LogP) is 5.41. The van der Waals surface area contributed by atoms with Crippen LogP contribution in [0.3, 0.4) is 0 Å². The Morgan fingerprint density at radius 2 is 2.00 bits per heavy atom. The number of benzene rings is 2. The summed E-state index contributed by atoms with van der Waals surface area (Å²) in [6, 6.07) is 12.5. The third-order valence-corrected chi connectivity index (χ3v) is 7.11. The number of halogens is 1. The van der Waals surface area contributed by atoms with Gasteiger partial charge in [0.05, 0.1) is 31.8 Å². The molecule has 4 heterocycles. The molecular weight excluding hydrogens is 471 g/mol. The molecule has 35 heavy (non-hydrogen) atoms. The summed E-state index contributed by atoms with van der Waals surface area (Å²) in [5.41, 5.74) is 2.33. The largest absolute Gasteiger partial charge is 0.496 e. The number of furan rings is 1. The molecule has 180 valence electrons. The number of hydrogen-bond donors (Lipinski definition) is 0. The van der Waals surface area contributed by atoms with Gasteiger partial charge in [0.25, 0.3) is 5.19 Å². The molecule has 2 aromatic carbocycles. The highest BCUT2D eigenvalue weighted by Gasteiger charge is 2.26. The minimum Gasteiger partial charge on any atom is -0.496 e. The lowest BCUT2D eigenvalue weighted by atomic mass is 10.2. The average Bonchev–Trinajstić information content (AvgIpc) is 3.64. The summed E-state index contributed by atoms with van der Waals surface area (Å²) in [5, 5.41) is 5.71. The molecule has 10 heteroatoms. The fourth-order valence-electron chi connectivity index (χ4n) is 4.50. The van der Waals surface area contributed by atoms with Crippen molar-refractivity contribution in [2.75, 3.05) is 32.3 Å². The minimum atomic E-state index is -0.234. The molecule has 0 N–H and O–H groups in total. The zero-order chi connectivity index (χ0) is 23.9. The van der Waals surface area contributed by atoms with Crippen LogP contribution in [0.4, 0.5) is 10.1 Å². The van der Waals surface area contributed by atoms with Gasteiger partial charge in [-0.2, -0.15) is 0 Å². The Labute approximate surface area is 204 Å². The molecule has 1 fully saturated rings. The number of nitrogens with zero attached hydrogens (tertiary/aromatic N) is 4. The highest BCUT2D eigenvalue weighted by molar-refractivity contribution is 7.18. The Morgan fingerprint density at radius 1 is 1.14 bits per heavy atom. The molecule has 5 aromatic rings. The van der Waals surface area contributed by atoms with Crippen molar-refractivity contribution in [2.24, 2.45) is 0 Å². The van der Waals surface area contributed by atoms with Crippen LogP contribution in [0.2, 0.25) is 0 Å². The fraction of sp³-hybridized carbons (Fsp3) is 0.280. The summed E-state index contributed by atoms with van der Waals surface area (Å²) in [5.74, 6) is 1.71. The number of imidazole rings is 1. The van der Waals surface area contributed by atoms with Crippen molar-refractivity contribution >= 4 is 33.0 Å². The van der Waals surface area contributed by atoms with Crippen molar-refractivity contribution in [3.8, 4) is 28.1 Å². The van der Waals surface area contributed by atoms with Crippen LogP contribution >= 0.6 is 11.3 Å². The van der Waals surface area contributed by atoms with E-state index in [1.54, 1.807) is 18.7 Å². The van der Waals surface area contributed by atoms with Gasteiger partial charge in [-0.1, -0.05) is 0 Å². The lowest BCUT2D eigenvalue weighted by Gasteiger charge is -2.27. The minimum absolute atomic E-state index is 0.189. The second-order valence-electron chi connectivity index (χ2n) is 8.35. The van der Waals surface area contributed by atoms with Gasteiger partial charge < -0.3 is 23.5 Å². The fourth-order valence-corrected chi connectivity index (χ4v) is 5.20. The number of methoxy groups -OCH3 is 2. The van der Waals surface area contributed by atoms with Crippen LogP contribution in [0.25, 0.3) is 27.4 Å². The Hall–Kier alpha value is -3.79. The Kier molecular flexibility index (Phi) is 5.44. The molecule has 0 aliphatic carbocycles. The van der Waals surface area contributed by atoms with Crippen LogP contribution in [0, 0.1) is 5.82 Å². The van der Waals surface area contributed by atoms with E-state index in [9.17, 15) is 4.39 Å². The van der Waals surface area contributed by atoms with Crippen LogP contribution in [0.15, 0.2) is 53.1 Å². The first kappa shape index (κ1) is 21.7. The standard InChI is InChI=1S/C25H23FN4O4S/c1-31-18-10-21(33-14-17-4-3-9-29(17)16-7-5-15(26)6-8-16)19-12-23(34-22(19)11-18)20-13-30-24(27-20)35-25(28-30)32-2/h5-8,10-13,17H,3-4,9,14H2,1-2H3/t17-/m1/s1. The van der Waals surface area contributed by atoms with E-state index >= 15 is 0 Å². The van der Waals surface area contributed by atoms with Crippen molar-refractivity contribution < 1.29 is 23.0 Å². The molecule has 6 rings (SSSR count). The number of fused-ring (bicyclic) bond motifs is 2. The quantitative estimate of drug-likeness (QED) is 0.300. The first-order valence-electron chi connectivity index (χ1n) is 11.3. The van der Waals surface area contributed by atoms with Gasteiger partial charge in [-0.25, -0.2) is 13.9 Å². The average molecular weight is 495 g/mol. The van der Waals surface area contributed by atoms with Gasteiger partial charge in [0.1, 0.15) is 35.2 Å². The van der Waals surface area contributed by atoms with Crippen molar-refractivity contribution in [1.29, 1.82) is 0 Å².